The van der Waals surface area contributed by atoms with Crippen LogP contribution in [0.2, 0.25) is 0 Å². The van der Waals surface area contributed by atoms with Gasteiger partial charge in [-0.2, -0.15) is 10.2 Å². The fourth-order valence-electron chi connectivity index (χ4n) is 6.32. The van der Waals surface area contributed by atoms with Gasteiger partial charge >= 0.3 is 0 Å². The van der Waals surface area contributed by atoms with Crippen molar-refractivity contribution >= 4 is 0 Å². The van der Waals surface area contributed by atoms with Crippen molar-refractivity contribution in [3.8, 4) is 45.0 Å². The lowest BCUT2D eigenvalue weighted by molar-refractivity contribution is 0.326. The van der Waals surface area contributed by atoms with Crippen molar-refractivity contribution in [3.63, 3.8) is 0 Å². The van der Waals surface area contributed by atoms with Gasteiger partial charge in [-0.25, -0.2) is 9.36 Å². The van der Waals surface area contributed by atoms with Crippen LogP contribution < -0.4 is 0 Å². The average molecular weight is 593 g/mol. The first-order valence-electron chi connectivity index (χ1n) is 15.6. The van der Waals surface area contributed by atoms with Crippen molar-refractivity contribution in [2.45, 2.75) is 11.6 Å². The van der Waals surface area contributed by atoms with Crippen molar-refractivity contribution in [2.75, 3.05) is 0 Å². The van der Waals surface area contributed by atoms with Crippen LogP contribution in [0.25, 0.3) is 45.0 Å². The Morgan fingerprint density at radius 2 is 0.761 bits per heavy atom. The summed E-state index contributed by atoms with van der Waals surface area (Å²) < 4.78 is 4.29. The van der Waals surface area contributed by atoms with Crippen LogP contribution in [0.3, 0.4) is 0 Å². The Balaban J connectivity index is 1.41. The summed E-state index contributed by atoms with van der Waals surface area (Å²) in [4.78, 5) is 0. The summed E-state index contributed by atoms with van der Waals surface area (Å²) in [5.74, 6) is 0.128. The molecule has 2 aromatic heterocycles. The van der Waals surface area contributed by atoms with Gasteiger partial charge in [0.25, 0.3) is 0 Å². The zero-order valence-corrected chi connectivity index (χ0v) is 25.3. The summed E-state index contributed by atoms with van der Waals surface area (Å²) >= 11 is 0. The Kier molecular flexibility index (Phi) is 7.08. The number of rotatable bonds is 7. The molecule has 0 saturated carbocycles. The van der Waals surface area contributed by atoms with E-state index in [1.54, 1.807) is 0 Å². The third kappa shape index (κ3) is 5.00. The van der Waals surface area contributed by atoms with E-state index in [0.29, 0.717) is 0 Å². The Bertz CT molecular complexity index is 1990. The highest BCUT2D eigenvalue weighted by atomic mass is 15.5. The number of hydrogen-bond donors (Lipinski definition) is 0. The van der Waals surface area contributed by atoms with Gasteiger partial charge in [-0.3, -0.25) is 0 Å². The SMILES string of the molecule is C1=CC(n2nc(-c3ccccc3)cc2-c2ccccc2)(n2nc(-c3ccccc3)cc2-c2ccccc2)C=CC1c1ccccc1. The molecule has 1 aliphatic rings. The van der Waals surface area contributed by atoms with E-state index in [9.17, 15) is 0 Å². The Morgan fingerprint density at radius 1 is 0.413 bits per heavy atom. The molecule has 8 rings (SSSR count). The quantitative estimate of drug-likeness (QED) is 0.173. The van der Waals surface area contributed by atoms with Gasteiger partial charge in [-0.05, 0) is 41.0 Å². The lowest BCUT2D eigenvalue weighted by atomic mass is 9.90. The molecular formula is C42H32N4. The zero-order valence-electron chi connectivity index (χ0n) is 25.3. The molecule has 0 unspecified atom stereocenters. The van der Waals surface area contributed by atoms with Crippen LogP contribution in [-0.4, -0.2) is 19.6 Å². The lowest BCUT2D eigenvalue weighted by Gasteiger charge is -2.35. The third-order valence-electron chi connectivity index (χ3n) is 8.66. The van der Waals surface area contributed by atoms with E-state index in [1.165, 1.54) is 5.56 Å². The normalized spacial score (nSPS) is 14.0. The number of benzene rings is 5. The number of allylic oxidation sites excluding steroid dienone is 4. The number of aromatic nitrogens is 4. The molecule has 4 heteroatoms. The maximum Gasteiger partial charge on any atom is 0.192 e. The predicted molar refractivity (Wildman–Crippen MR) is 187 cm³/mol. The van der Waals surface area contributed by atoms with E-state index in [2.05, 4.69) is 185 Å². The molecule has 2 heterocycles. The molecule has 0 amide bonds. The molecule has 220 valence electrons. The molecule has 0 spiro atoms. The summed E-state index contributed by atoms with van der Waals surface area (Å²) in [6.07, 6.45) is 9.11. The topological polar surface area (TPSA) is 35.6 Å². The van der Waals surface area contributed by atoms with Gasteiger partial charge in [0.2, 0.25) is 0 Å². The van der Waals surface area contributed by atoms with Crippen molar-refractivity contribution in [3.05, 3.63) is 194 Å². The molecule has 0 aliphatic heterocycles. The molecule has 0 fully saturated rings. The molecule has 7 aromatic rings. The van der Waals surface area contributed by atoms with Gasteiger partial charge in [-0.1, -0.05) is 164 Å². The molecule has 0 N–H and O–H groups in total. The second-order valence-corrected chi connectivity index (χ2v) is 11.6. The summed E-state index contributed by atoms with van der Waals surface area (Å²) in [6.45, 7) is 0. The summed E-state index contributed by atoms with van der Waals surface area (Å²) in [7, 11) is 0. The van der Waals surface area contributed by atoms with Crippen molar-refractivity contribution in [1.82, 2.24) is 19.6 Å². The molecule has 0 radical (unpaired) electrons. The minimum Gasteiger partial charge on any atom is -0.229 e. The van der Waals surface area contributed by atoms with E-state index in [-0.39, 0.29) is 5.92 Å². The fraction of sp³-hybridized carbons (Fsp3) is 0.0476. The molecule has 4 nitrogen and oxygen atoms in total. The van der Waals surface area contributed by atoms with E-state index < -0.39 is 5.66 Å². The van der Waals surface area contributed by atoms with E-state index >= 15 is 0 Å². The van der Waals surface area contributed by atoms with Gasteiger partial charge in [0, 0.05) is 17.0 Å². The van der Waals surface area contributed by atoms with Crippen LogP contribution in [0, 0.1) is 0 Å². The maximum absolute atomic E-state index is 5.40. The first-order valence-corrected chi connectivity index (χ1v) is 15.6. The van der Waals surface area contributed by atoms with Crippen LogP contribution >= 0.6 is 0 Å². The molecular weight excluding hydrogens is 560 g/mol. The maximum atomic E-state index is 5.40. The summed E-state index contributed by atoms with van der Waals surface area (Å²) in [6, 6.07) is 56.8. The largest absolute Gasteiger partial charge is 0.229 e. The second-order valence-electron chi connectivity index (χ2n) is 11.6. The van der Waals surface area contributed by atoms with Gasteiger partial charge in [0.1, 0.15) is 0 Å². The van der Waals surface area contributed by atoms with Crippen LogP contribution in [0.1, 0.15) is 11.5 Å². The third-order valence-corrected chi connectivity index (χ3v) is 8.66. The lowest BCUT2D eigenvalue weighted by Crippen LogP contribution is -2.41. The van der Waals surface area contributed by atoms with Crippen LogP contribution in [0.15, 0.2) is 188 Å². The van der Waals surface area contributed by atoms with Crippen molar-refractivity contribution in [2.24, 2.45) is 0 Å². The first kappa shape index (κ1) is 27.5. The number of nitrogens with zero attached hydrogens (tertiary/aromatic N) is 4. The molecule has 0 bridgehead atoms. The Morgan fingerprint density at radius 3 is 1.15 bits per heavy atom. The highest BCUT2D eigenvalue weighted by Crippen LogP contribution is 2.40. The Hall–Kier alpha value is -6.00. The fourth-order valence-corrected chi connectivity index (χ4v) is 6.32. The van der Waals surface area contributed by atoms with Gasteiger partial charge in [-0.15, -0.1) is 0 Å². The standard InChI is InChI=1S/C42H32N4/c1-6-16-32(17-7-1)33-26-28-42(29-27-33,45-40(36-22-12-4-13-23-36)30-38(43-45)34-18-8-2-9-19-34)46-41(37-24-14-5-15-25-37)31-39(44-46)35-20-10-3-11-21-35/h1-31,33H. The van der Waals surface area contributed by atoms with Crippen LogP contribution in [0.4, 0.5) is 0 Å². The minimum atomic E-state index is -0.887. The number of hydrogen-bond acceptors (Lipinski definition) is 2. The highest BCUT2D eigenvalue weighted by Gasteiger charge is 2.38. The molecule has 5 aromatic carbocycles. The average Bonchev–Trinajstić information content (AvgIpc) is 3.81. The minimum absolute atomic E-state index is 0.128. The zero-order chi connectivity index (χ0) is 30.8. The second kappa shape index (κ2) is 11.8. The Labute approximate surface area is 269 Å². The van der Waals surface area contributed by atoms with Gasteiger partial charge in [0.05, 0.1) is 22.8 Å². The van der Waals surface area contributed by atoms with Crippen LogP contribution in [0.5, 0.6) is 0 Å². The first-order chi connectivity index (χ1) is 22.8. The van der Waals surface area contributed by atoms with Gasteiger partial charge in [0.15, 0.2) is 5.66 Å². The van der Waals surface area contributed by atoms with E-state index in [1.807, 2.05) is 12.1 Å². The monoisotopic (exact) mass is 592 g/mol. The van der Waals surface area contributed by atoms with E-state index in [0.717, 1.165) is 45.0 Å². The molecule has 46 heavy (non-hydrogen) atoms. The molecule has 0 atom stereocenters. The smallest absolute Gasteiger partial charge is 0.192 e. The predicted octanol–water partition coefficient (Wildman–Crippen LogP) is 9.86. The highest BCUT2D eigenvalue weighted by molar-refractivity contribution is 5.72. The summed E-state index contributed by atoms with van der Waals surface area (Å²) in [5.41, 5.74) is 8.46. The van der Waals surface area contributed by atoms with Crippen molar-refractivity contribution < 1.29 is 0 Å². The molecule has 1 aliphatic carbocycles. The van der Waals surface area contributed by atoms with Crippen LogP contribution in [-0.2, 0) is 5.66 Å². The summed E-state index contributed by atoms with van der Waals surface area (Å²) in [5, 5.41) is 10.8. The van der Waals surface area contributed by atoms with E-state index in [4.69, 9.17) is 10.2 Å². The molecule has 0 saturated heterocycles. The van der Waals surface area contributed by atoms with Gasteiger partial charge < -0.3 is 0 Å². The van der Waals surface area contributed by atoms with Crippen molar-refractivity contribution in [1.29, 1.82) is 0 Å².